The summed E-state index contributed by atoms with van der Waals surface area (Å²) in [5.41, 5.74) is 2.61. The molecule has 1 aromatic rings. The van der Waals surface area contributed by atoms with Crippen LogP contribution in [0.15, 0.2) is 18.2 Å². The second-order valence-electron chi connectivity index (χ2n) is 5.57. The summed E-state index contributed by atoms with van der Waals surface area (Å²) in [7, 11) is 0. The zero-order valence-corrected chi connectivity index (χ0v) is 13.2. The van der Waals surface area contributed by atoms with Crippen molar-refractivity contribution in [3.8, 4) is 0 Å². The van der Waals surface area contributed by atoms with Crippen LogP contribution in [0.5, 0.6) is 0 Å². The number of carbonyl (C=O) groups excluding carboxylic acids is 2. The van der Waals surface area contributed by atoms with Gasteiger partial charge in [-0.3, -0.25) is 14.5 Å². The Bertz CT molecular complexity index is 519. The number of aryl methyl sites for hydroxylation is 2. The van der Waals surface area contributed by atoms with E-state index in [9.17, 15) is 9.59 Å². The van der Waals surface area contributed by atoms with Crippen LogP contribution >= 0.6 is 0 Å². The molecule has 1 aromatic carbocycles. The Morgan fingerprint density at radius 3 is 2.41 bits per heavy atom. The summed E-state index contributed by atoms with van der Waals surface area (Å²) in [5, 5.41) is 8.64. The highest BCUT2D eigenvalue weighted by molar-refractivity contribution is 6.39. The van der Waals surface area contributed by atoms with Crippen molar-refractivity contribution in [1.82, 2.24) is 15.5 Å². The van der Waals surface area contributed by atoms with E-state index < -0.39 is 11.8 Å². The fourth-order valence-electron chi connectivity index (χ4n) is 2.52. The summed E-state index contributed by atoms with van der Waals surface area (Å²) in [4.78, 5) is 26.1. The van der Waals surface area contributed by atoms with Crippen molar-refractivity contribution < 1.29 is 9.59 Å². The lowest BCUT2D eigenvalue weighted by Crippen LogP contribution is -2.47. The number of piperazine rings is 1. The summed E-state index contributed by atoms with van der Waals surface area (Å²) >= 11 is 0. The van der Waals surface area contributed by atoms with Crippen molar-refractivity contribution in [1.29, 1.82) is 0 Å². The van der Waals surface area contributed by atoms with E-state index in [0.29, 0.717) is 12.2 Å². The molecule has 0 saturated carbocycles. The lowest BCUT2D eigenvalue weighted by molar-refractivity contribution is -0.136. The molecule has 1 fully saturated rings. The van der Waals surface area contributed by atoms with Gasteiger partial charge in [0.05, 0.1) is 0 Å². The molecule has 0 spiro atoms. The fourth-order valence-corrected chi connectivity index (χ4v) is 2.52. The average molecular weight is 304 g/mol. The Labute approximate surface area is 131 Å². The third-order valence-corrected chi connectivity index (χ3v) is 3.85. The molecule has 22 heavy (non-hydrogen) atoms. The molecule has 0 aromatic heterocycles. The summed E-state index contributed by atoms with van der Waals surface area (Å²) in [6.07, 6.45) is 0. The first-order chi connectivity index (χ1) is 10.6. The molecule has 0 atom stereocenters. The van der Waals surface area contributed by atoms with Gasteiger partial charge in [0, 0.05) is 45.0 Å². The van der Waals surface area contributed by atoms with Gasteiger partial charge < -0.3 is 16.0 Å². The number of benzene rings is 1. The minimum atomic E-state index is -0.613. The number of hydrogen-bond acceptors (Lipinski definition) is 4. The number of carbonyl (C=O) groups is 2. The average Bonchev–Trinajstić information content (AvgIpc) is 2.52. The molecular formula is C16H24N4O2. The van der Waals surface area contributed by atoms with Crippen LogP contribution in [-0.4, -0.2) is 56.0 Å². The molecule has 3 N–H and O–H groups in total. The third kappa shape index (κ3) is 4.54. The maximum atomic E-state index is 12.0. The second-order valence-corrected chi connectivity index (χ2v) is 5.57. The molecule has 0 unspecified atom stereocenters. The Hall–Kier alpha value is -1.92. The van der Waals surface area contributed by atoms with Crippen molar-refractivity contribution >= 4 is 17.5 Å². The van der Waals surface area contributed by atoms with Crippen molar-refractivity contribution in [2.24, 2.45) is 0 Å². The summed E-state index contributed by atoms with van der Waals surface area (Å²) in [6.45, 7) is 8.97. The quantitative estimate of drug-likeness (QED) is 0.698. The van der Waals surface area contributed by atoms with Crippen molar-refractivity contribution in [2.45, 2.75) is 13.8 Å². The number of anilines is 1. The van der Waals surface area contributed by atoms with Gasteiger partial charge in [-0.2, -0.15) is 0 Å². The Morgan fingerprint density at radius 2 is 1.77 bits per heavy atom. The SMILES string of the molecule is Cc1cccc(C)c1NC(=O)C(=O)NCCN1CCNCC1. The number of hydrogen-bond donors (Lipinski definition) is 3. The van der Waals surface area contributed by atoms with Gasteiger partial charge in [-0.05, 0) is 25.0 Å². The first-order valence-electron chi connectivity index (χ1n) is 7.66. The molecule has 6 nitrogen and oxygen atoms in total. The van der Waals surface area contributed by atoms with Crippen LogP contribution in [-0.2, 0) is 9.59 Å². The lowest BCUT2D eigenvalue weighted by atomic mass is 10.1. The predicted octanol–water partition coefficient (Wildman–Crippen LogP) is 0.263. The molecular weight excluding hydrogens is 280 g/mol. The smallest absolute Gasteiger partial charge is 0.313 e. The monoisotopic (exact) mass is 304 g/mol. The zero-order chi connectivity index (χ0) is 15.9. The number of para-hydroxylation sites is 1. The zero-order valence-electron chi connectivity index (χ0n) is 13.2. The number of rotatable bonds is 4. The Balaban J connectivity index is 1.78. The Kier molecular flexibility index (Phi) is 5.91. The van der Waals surface area contributed by atoms with E-state index in [2.05, 4.69) is 20.9 Å². The molecule has 1 aliphatic rings. The molecule has 2 amide bonds. The number of nitrogens with zero attached hydrogens (tertiary/aromatic N) is 1. The fraction of sp³-hybridized carbons (Fsp3) is 0.500. The largest absolute Gasteiger partial charge is 0.347 e. The van der Waals surface area contributed by atoms with Crippen LogP contribution in [0.2, 0.25) is 0 Å². The van der Waals surface area contributed by atoms with Crippen molar-refractivity contribution in [3.63, 3.8) is 0 Å². The van der Waals surface area contributed by atoms with Gasteiger partial charge in [-0.15, -0.1) is 0 Å². The summed E-state index contributed by atoms with van der Waals surface area (Å²) in [5.74, 6) is -1.20. The van der Waals surface area contributed by atoms with Gasteiger partial charge in [-0.1, -0.05) is 18.2 Å². The van der Waals surface area contributed by atoms with Gasteiger partial charge in [0.25, 0.3) is 0 Å². The van der Waals surface area contributed by atoms with Crippen molar-refractivity contribution in [3.05, 3.63) is 29.3 Å². The van der Waals surface area contributed by atoms with Gasteiger partial charge in [0.15, 0.2) is 0 Å². The van der Waals surface area contributed by atoms with Crippen LogP contribution < -0.4 is 16.0 Å². The lowest BCUT2D eigenvalue weighted by Gasteiger charge is -2.27. The van der Waals surface area contributed by atoms with Crippen LogP contribution in [0.3, 0.4) is 0 Å². The molecule has 120 valence electrons. The maximum Gasteiger partial charge on any atom is 0.313 e. The van der Waals surface area contributed by atoms with E-state index in [0.717, 1.165) is 43.9 Å². The highest BCUT2D eigenvalue weighted by atomic mass is 16.2. The molecule has 1 heterocycles. The van der Waals surface area contributed by atoms with E-state index in [1.54, 1.807) is 0 Å². The van der Waals surface area contributed by atoms with Crippen LogP contribution in [0.1, 0.15) is 11.1 Å². The normalized spacial score (nSPS) is 15.4. The van der Waals surface area contributed by atoms with E-state index >= 15 is 0 Å². The van der Waals surface area contributed by atoms with E-state index in [1.165, 1.54) is 0 Å². The van der Waals surface area contributed by atoms with E-state index in [4.69, 9.17) is 0 Å². The van der Waals surface area contributed by atoms with Crippen LogP contribution in [0.4, 0.5) is 5.69 Å². The Morgan fingerprint density at radius 1 is 1.14 bits per heavy atom. The van der Waals surface area contributed by atoms with Crippen LogP contribution in [0.25, 0.3) is 0 Å². The first-order valence-corrected chi connectivity index (χ1v) is 7.66. The molecule has 6 heteroatoms. The molecule has 2 rings (SSSR count). The third-order valence-electron chi connectivity index (χ3n) is 3.85. The molecule has 0 radical (unpaired) electrons. The topological polar surface area (TPSA) is 73.5 Å². The number of amides is 2. The highest BCUT2D eigenvalue weighted by Crippen LogP contribution is 2.19. The van der Waals surface area contributed by atoms with Crippen molar-refractivity contribution in [2.75, 3.05) is 44.6 Å². The first kappa shape index (κ1) is 16.5. The summed E-state index contributed by atoms with van der Waals surface area (Å²) < 4.78 is 0. The van der Waals surface area contributed by atoms with E-state index in [1.807, 2.05) is 32.0 Å². The second kappa shape index (κ2) is 7.91. The predicted molar refractivity (Wildman–Crippen MR) is 86.9 cm³/mol. The molecule has 0 aliphatic carbocycles. The van der Waals surface area contributed by atoms with Gasteiger partial charge in [0.1, 0.15) is 0 Å². The number of nitrogens with one attached hydrogen (secondary N) is 3. The highest BCUT2D eigenvalue weighted by Gasteiger charge is 2.16. The van der Waals surface area contributed by atoms with E-state index in [-0.39, 0.29) is 0 Å². The summed E-state index contributed by atoms with van der Waals surface area (Å²) in [6, 6.07) is 5.74. The van der Waals surface area contributed by atoms with Crippen LogP contribution in [0, 0.1) is 13.8 Å². The minimum Gasteiger partial charge on any atom is -0.347 e. The van der Waals surface area contributed by atoms with Gasteiger partial charge in [-0.25, -0.2) is 0 Å². The standard InChI is InChI=1S/C16H24N4O2/c1-12-4-3-5-13(2)14(12)19-16(22)15(21)18-8-11-20-9-6-17-7-10-20/h3-5,17H,6-11H2,1-2H3,(H,18,21)(H,19,22). The van der Waals surface area contributed by atoms with Gasteiger partial charge in [0.2, 0.25) is 0 Å². The molecule has 0 bridgehead atoms. The molecule has 1 aliphatic heterocycles. The molecule has 1 saturated heterocycles. The minimum absolute atomic E-state index is 0.485. The van der Waals surface area contributed by atoms with Gasteiger partial charge >= 0.3 is 11.8 Å². The maximum absolute atomic E-state index is 12.0.